The molecule has 1 aliphatic rings. The molecular weight excluding hydrogens is 372 g/mol. The van der Waals surface area contributed by atoms with Crippen molar-refractivity contribution in [2.24, 2.45) is 0 Å². The van der Waals surface area contributed by atoms with Crippen LogP contribution in [-0.2, 0) is 12.8 Å². The third-order valence-electron chi connectivity index (χ3n) is 3.52. The monoisotopic (exact) mass is 384 g/mol. The Morgan fingerprint density at radius 1 is 1.29 bits per heavy atom. The van der Waals surface area contributed by atoms with Gasteiger partial charge < -0.3 is 5.32 Å². The molecule has 0 saturated carbocycles. The fraction of sp³-hybridized carbons (Fsp3) is 0.333. The predicted octanol–water partition coefficient (Wildman–Crippen LogP) is 5.08. The minimum atomic E-state index is -0.0795. The van der Waals surface area contributed by atoms with Crippen molar-refractivity contribution in [3.63, 3.8) is 0 Å². The van der Waals surface area contributed by atoms with Gasteiger partial charge in [-0.25, -0.2) is 4.98 Å². The van der Waals surface area contributed by atoms with Gasteiger partial charge in [0.05, 0.1) is 21.2 Å². The van der Waals surface area contributed by atoms with Crippen LogP contribution in [0.5, 0.6) is 0 Å². The summed E-state index contributed by atoms with van der Waals surface area (Å²) < 4.78 is 0.670. The highest BCUT2D eigenvalue weighted by Crippen LogP contribution is 2.30. The molecule has 1 amide bonds. The second-order valence-corrected chi connectivity index (χ2v) is 7.42. The Morgan fingerprint density at radius 2 is 2.10 bits per heavy atom. The Morgan fingerprint density at radius 3 is 2.90 bits per heavy atom. The summed E-state index contributed by atoms with van der Waals surface area (Å²) in [4.78, 5) is 18.5. The van der Waals surface area contributed by atoms with Gasteiger partial charge in [0.1, 0.15) is 5.15 Å². The number of nitrogens with one attached hydrogen (secondary N) is 1. The van der Waals surface area contributed by atoms with Gasteiger partial charge in [0.2, 0.25) is 0 Å². The number of nitrogens with zero attached hydrogens (tertiary/aromatic N) is 1. The van der Waals surface area contributed by atoms with E-state index in [0.29, 0.717) is 15.3 Å². The number of amides is 1. The quantitative estimate of drug-likeness (QED) is 0.578. The Hall–Kier alpha value is -0.910. The molecule has 21 heavy (non-hydrogen) atoms. The number of halogens is 2. The van der Waals surface area contributed by atoms with Gasteiger partial charge in [-0.3, -0.25) is 4.79 Å². The highest BCUT2D eigenvalue weighted by Gasteiger charge is 2.16. The summed E-state index contributed by atoms with van der Waals surface area (Å²) in [7, 11) is 0. The molecule has 0 aromatic carbocycles. The summed E-state index contributed by atoms with van der Waals surface area (Å²) in [5.74, 6) is -0.0795. The molecule has 3 nitrogen and oxygen atoms in total. The molecule has 110 valence electrons. The second-order valence-electron chi connectivity index (χ2n) is 5.07. The molecule has 0 unspecified atom stereocenters. The Balaban J connectivity index is 1.77. The lowest BCUT2D eigenvalue weighted by Crippen LogP contribution is -2.10. The van der Waals surface area contributed by atoms with Crippen molar-refractivity contribution in [3.8, 4) is 0 Å². The van der Waals surface area contributed by atoms with Gasteiger partial charge in [0, 0.05) is 4.88 Å². The number of aryl methyl sites for hydroxylation is 2. The Labute approximate surface area is 140 Å². The average Bonchev–Trinajstić information content (AvgIpc) is 2.74. The summed E-state index contributed by atoms with van der Waals surface area (Å²) in [5, 5.41) is 3.26. The van der Waals surface area contributed by atoms with E-state index in [9.17, 15) is 4.79 Å². The zero-order chi connectivity index (χ0) is 14.8. The topological polar surface area (TPSA) is 42.0 Å². The number of hydrogen-bond acceptors (Lipinski definition) is 3. The molecule has 2 heterocycles. The van der Waals surface area contributed by atoms with E-state index in [1.165, 1.54) is 29.7 Å². The number of carbonyl (C=O) groups is 1. The largest absolute Gasteiger partial charge is 0.320 e. The first-order valence-electron chi connectivity index (χ1n) is 6.87. The first-order chi connectivity index (χ1) is 10.1. The van der Waals surface area contributed by atoms with E-state index in [1.54, 1.807) is 23.6 Å². The molecule has 0 spiro atoms. The van der Waals surface area contributed by atoms with Crippen LogP contribution in [-0.4, -0.2) is 10.9 Å². The highest BCUT2D eigenvalue weighted by atomic mass is 79.9. The summed E-state index contributed by atoms with van der Waals surface area (Å²) >= 11 is 10.8. The molecule has 1 N–H and O–H groups in total. The van der Waals surface area contributed by atoms with Gasteiger partial charge in [-0.2, -0.15) is 0 Å². The molecule has 0 bridgehead atoms. The molecule has 0 fully saturated rings. The van der Waals surface area contributed by atoms with Crippen LogP contribution in [0, 0.1) is 0 Å². The Kier molecular flexibility index (Phi) is 4.62. The van der Waals surface area contributed by atoms with Gasteiger partial charge in [0.25, 0.3) is 5.91 Å². The molecule has 0 saturated heterocycles. The van der Waals surface area contributed by atoms with Crippen LogP contribution in [0.3, 0.4) is 0 Å². The van der Waals surface area contributed by atoms with Gasteiger partial charge >= 0.3 is 0 Å². The molecule has 2 aromatic rings. The smallest absolute Gasteiger partial charge is 0.265 e. The highest BCUT2D eigenvalue weighted by molar-refractivity contribution is 9.10. The standard InChI is InChI=1S/C15H14BrClN2OS/c16-11-7-10(8-18-14(11)17)19-15(20)13-6-9-4-2-1-3-5-12(9)21-13/h6-8H,1-5H2,(H,19,20). The summed E-state index contributed by atoms with van der Waals surface area (Å²) in [6.45, 7) is 0. The van der Waals surface area contributed by atoms with E-state index in [2.05, 4.69) is 26.2 Å². The lowest BCUT2D eigenvalue weighted by Gasteiger charge is -2.04. The van der Waals surface area contributed by atoms with Crippen molar-refractivity contribution in [2.45, 2.75) is 32.1 Å². The van der Waals surface area contributed by atoms with Gasteiger partial charge in [-0.15, -0.1) is 11.3 Å². The summed E-state index contributed by atoms with van der Waals surface area (Å²) in [5.41, 5.74) is 1.98. The van der Waals surface area contributed by atoms with Crippen LogP contribution in [0.15, 0.2) is 22.8 Å². The number of thiophene rings is 1. The molecule has 0 atom stereocenters. The molecule has 2 aromatic heterocycles. The number of pyridine rings is 1. The van der Waals surface area contributed by atoms with E-state index in [1.807, 2.05) is 6.07 Å². The van der Waals surface area contributed by atoms with Crippen molar-refractivity contribution >= 4 is 50.5 Å². The third kappa shape index (κ3) is 3.47. The minimum Gasteiger partial charge on any atom is -0.320 e. The van der Waals surface area contributed by atoms with Gasteiger partial charge in [-0.05, 0) is 59.3 Å². The van der Waals surface area contributed by atoms with Gasteiger partial charge in [0.15, 0.2) is 0 Å². The molecule has 0 aliphatic heterocycles. The number of hydrogen-bond donors (Lipinski definition) is 1. The zero-order valence-corrected chi connectivity index (χ0v) is 14.4. The van der Waals surface area contributed by atoms with Crippen LogP contribution >= 0.6 is 38.9 Å². The van der Waals surface area contributed by atoms with Crippen molar-refractivity contribution in [1.82, 2.24) is 4.98 Å². The van der Waals surface area contributed by atoms with E-state index >= 15 is 0 Å². The van der Waals surface area contributed by atoms with Crippen LogP contribution in [0.2, 0.25) is 5.15 Å². The van der Waals surface area contributed by atoms with E-state index in [-0.39, 0.29) is 5.91 Å². The maximum atomic E-state index is 12.3. The lowest BCUT2D eigenvalue weighted by atomic mass is 10.1. The van der Waals surface area contributed by atoms with Gasteiger partial charge in [-0.1, -0.05) is 18.0 Å². The maximum absolute atomic E-state index is 12.3. The second kappa shape index (κ2) is 6.46. The van der Waals surface area contributed by atoms with Crippen LogP contribution in [0.25, 0.3) is 0 Å². The molecule has 1 aliphatic carbocycles. The van der Waals surface area contributed by atoms with Crippen LogP contribution in [0.4, 0.5) is 5.69 Å². The first kappa shape index (κ1) is 15.0. The Bertz CT molecular complexity index is 663. The number of aromatic nitrogens is 1. The number of anilines is 1. The predicted molar refractivity (Wildman–Crippen MR) is 90.5 cm³/mol. The lowest BCUT2D eigenvalue weighted by molar-refractivity contribution is 0.103. The maximum Gasteiger partial charge on any atom is 0.265 e. The molecule has 3 rings (SSSR count). The third-order valence-corrected chi connectivity index (χ3v) is 5.89. The van der Waals surface area contributed by atoms with Crippen molar-refractivity contribution in [1.29, 1.82) is 0 Å². The normalized spacial score (nSPS) is 14.4. The summed E-state index contributed by atoms with van der Waals surface area (Å²) in [6, 6.07) is 3.80. The first-order valence-corrected chi connectivity index (χ1v) is 8.86. The SMILES string of the molecule is O=C(Nc1cnc(Cl)c(Br)c1)c1cc2c(s1)CCCCC2. The summed E-state index contributed by atoms with van der Waals surface area (Å²) in [6.07, 6.45) is 7.48. The van der Waals surface area contributed by atoms with Crippen molar-refractivity contribution < 1.29 is 4.79 Å². The van der Waals surface area contributed by atoms with Crippen LogP contribution < -0.4 is 5.32 Å². The molecular formula is C15H14BrClN2OS. The van der Waals surface area contributed by atoms with Crippen molar-refractivity contribution in [3.05, 3.63) is 43.3 Å². The fourth-order valence-corrected chi connectivity index (χ4v) is 4.06. The molecule has 6 heteroatoms. The number of fused-ring (bicyclic) bond motifs is 1. The van der Waals surface area contributed by atoms with Crippen LogP contribution in [0.1, 0.15) is 39.4 Å². The number of carbonyl (C=O) groups excluding carboxylic acids is 1. The number of rotatable bonds is 2. The van der Waals surface area contributed by atoms with E-state index in [0.717, 1.165) is 17.7 Å². The zero-order valence-electron chi connectivity index (χ0n) is 11.3. The van der Waals surface area contributed by atoms with E-state index in [4.69, 9.17) is 11.6 Å². The minimum absolute atomic E-state index is 0.0795. The van der Waals surface area contributed by atoms with E-state index < -0.39 is 0 Å². The average molecular weight is 386 g/mol. The van der Waals surface area contributed by atoms with Crippen molar-refractivity contribution in [2.75, 3.05) is 5.32 Å². The molecule has 0 radical (unpaired) electrons. The fourth-order valence-electron chi connectivity index (χ4n) is 2.46.